The Morgan fingerprint density at radius 2 is 2.21 bits per heavy atom. The first kappa shape index (κ1) is 11.4. The highest BCUT2D eigenvalue weighted by atomic mass is 35.5. The van der Waals surface area contributed by atoms with Gasteiger partial charge in [0.05, 0.1) is 5.38 Å². The number of nitrogens with two attached hydrogens (primary N) is 1. The van der Waals surface area contributed by atoms with Crippen LogP contribution in [0, 0.1) is 0 Å². The normalized spacial score (nSPS) is 12.5. The fourth-order valence-electron chi connectivity index (χ4n) is 1.09. The summed E-state index contributed by atoms with van der Waals surface area (Å²) in [6.07, 6.45) is 1.95. The number of rotatable bonds is 3. The van der Waals surface area contributed by atoms with Crippen LogP contribution in [-0.2, 0) is 0 Å². The Morgan fingerprint density at radius 3 is 2.71 bits per heavy atom. The lowest BCUT2D eigenvalue weighted by Gasteiger charge is -2.07. The smallest absolute Gasteiger partial charge is 0.182 e. The third kappa shape index (κ3) is 2.42. The van der Waals surface area contributed by atoms with Crippen LogP contribution in [0.3, 0.4) is 0 Å². The second kappa shape index (κ2) is 4.71. The van der Waals surface area contributed by atoms with Gasteiger partial charge in [-0.2, -0.15) is 0 Å². The second-order valence-electron chi connectivity index (χ2n) is 2.93. The molecule has 76 valence electrons. The van der Waals surface area contributed by atoms with E-state index in [4.69, 9.17) is 17.3 Å². The molecular weight excluding hydrogens is 218 g/mol. The zero-order valence-electron chi connectivity index (χ0n) is 8.08. The fraction of sp³-hybridized carbons (Fsp3) is 0.300. The topological polar surface area (TPSA) is 43.1 Å². The van der Waals surface area contributed by atoms with Crippen LogP contribution in [0.1, 0.15) is 17.3 Å². The average molecular weight is 230 g/mol. The number of halogens is 1. The van der Waals surface area contributed by atoms with E-state index in [1.54, 1.807) is 30.8 Å². The summed E-state index contributed by atoms with van der Waals surface area (Å²) in [5.74, 6) is -0.125. The van der Waals surface area contributed by atoms with Gasteiger partial charge in [0.1, 0.15) is 0 Å². The van der Waals surface area contributed by atoms with Crippen molar-refractivity contribution in [3.05, 3.63) is 23.8 Å². The summed E-state index contributed by atoms with van der Waals surface area (Å²) in [5.41, 5.74) is 6.69. The van der Waals surface area contributed by atoms with E-state index in [0.29, 0.717) is 11.3 Å². The summed E-state index contributed by atoms with van der Waals surface area (Å²) >= 11 is 7.29. The lowest BCUT2D eigenvalue weighted by molar-refractivity contribution is 0.0992. The molecule has 0 aliphatic heterocycles. The molecule has 1 rings (SSSR count). The van der Waals surface area contributed by atoms with Gasteiger partial charge >= 0.3 is 0 Å². The molecule has 0 spiro atoms. The number of ketones is 1. The Labute approximate surface area is 92.8 Å². The predicted molar refractivity (Wildman–Crippen MR) is 62.3 cm³/mol. The van der Waals surface area contributed by atoms with Crippen molar-refractivity contribution in [3.63, 3.8) is 0 Å². The van der Waals surface area contributed by atoms with E-state index in [-0.39, 0.29) is 5.78 Å². The number of anilines is 1. The molecule has 0 aromatic heterocycles. The summed E-state index contributed by atoms with van der Waals surface area (Å²) in [7, 11) is 0. The molecule has 0 aliphatic carbocycles. The average Bonchev–Trinajstić information content (AvgIpc) is 2.17. The Kier molecular flexibility index (Phi) is 3.84. The number of alkyl halides is 1. The molecule has 1 unspecified atom stereocenters. The van der Waals surface area contributed by atoms with Crippen molar-refractivity contribution in [1.82, 2.24) is 0 Å². The molecule has 0 saturated heterocycles. The minimum Gasteiger partial charge on any atom is -0.398 e. The van der Waals surface area contributed by atoms with Crippen molar-refractivity contribution in [2.75, 3.05) is 12.0 Å². The third-order valence-electron chi connectivity index (χ3n) is 1.89. The highest BCUT2D eigenvalue weighted by molar-refractivity contribution is 7.98. The molecule has 14 heavy (non-hydrogen) atoms. The Balaban J connectivity index is 3.12. The van der Waals surface area contributed by atoms with Crippen LogP contribution in [0.15, 0.2) is 23.1 Å². The zero-order chi connectivity index (χ0) is 10.7. The van der Waals surface area contributed by atoms with E-state index in [9.17, 15) is 4.79 Å². The summed E-state index contributed by atoms with van der Waals surface area (Å²) in [5, 5.41) is -0.533. The Hall–Kier alpha value is -0.670. The number of nitrogen functional groups attached to an aromatic ring is 1. The maximum atomic E-state index is 11.6. The van der Waals surface area contributed by atoms with Gasteiger partial charge in [-0.3, -0.25) is 4.79 Å². The van der Waals surface area contributed by atoms with Crippen molar-refractivity contribution in [2.45, 2.75) is 17.2 Å². The summed E-state index contributed by atoms with van der Waals surface area (Å²) in [6.45, 7) is 1.65. The Bertz CT molecular complexity index is 352. The maximum Gasteiger partial charge on any atom is 0.182 e. The van der Waals surface area contributed by atoms with Gasteiger partial charge in [-0.05, 0) is 31.4 Å². The van der Waals surface area contributed by atoms with Crippen LogP contribution in [0.25, 0.3) is 0 Å². The third-order valence-corrected chi connectivity index (χ3v) is 2.81. The molecule has 0 amide bonds. The maximum absolute atomic E-state index is 11.6. The van der Waals surface area contributed by atoms with E-state index in [1.807, 2.05) is 12.3 Å². The van der Waals surface area contributed by atoms with E-state index in [2.05, 4.69) is 0 Å². The number of hydrogen-bond acceptors (Lipinski definition) is 3. The van der Waals surface area contributed by atoms with E-state index in [0.717, 1.165) is 4.90 Å². The summed E-state index contributed by atoms with van der Waals surface area (Å²) in [6, 6.07) is 5.40. The molecule has 1 atom stereocenters. The number of benzene rings is 1. The molecule has 1 aromatic rings. The van der Waals surface area contributed by atoms with Crippen LogP contribution in [0.5, 0.6) is 0 Å². The highest BCUT2D eigenvalue weighted by Gasteiger charge is 2.15. The molecule has 0 heterocycles. The molecule has 0 fully saturated rings. The first-order valence-corrected chi connectivity index (χ1v) is 5.84. The molecule has 0 bridgehead atoms. The van der Waals surface area contributed by atoms with Gasteiger partial charge in [0.25, 0.3) is 0 Å². The summed E-state index contributed by atoms with van der Waals surface area (Å²) < 4.78 is 0. The second-order valence-corrected chi connectivity index (χ2v) is 4.47. The monoisotopic (exact) mass is 229 g/mol. The largest absolute Gasteiger partial charge is 0.398 e. The lowest BCUT2D eigenvalue weighted by Crippen LogP contribution is -2.12. The van der Waals surface area contributed by atoms with Gasteiger partial charge in [-0.1, -0.05) is 0 Å². The van der Waals surface area contributed by atoms with Crippen LogP contribution in [0.2, 0.25) is 0 Å². The van der Waals surface area contributed by atoms with E-state index in [1.165, 1.54) is 0 Å². The molecular formula is C10H12ClNOS. The van der Waals surface area contributed by atoms with Gasteiger partial charge < -0.3 is 5.73 Å². The first-order valence-electron chi connectivity index (χ1n) is 4.18. The van der Waals surface area contributed by atoms with Crippen LogP contribution >= 0.6 is 23.4 Å². The first-order chi connectivity index (χ1) is 6.56. The molecule has 0 radical (unpaired) electrons. The SMILES string of the molecule is CSc1ccc(N)c(C(=O)C(C)Cl)c1. The predicted octanol–water partition coefficient (Wildman–Crippen LogP) is 2.80. The quantitative estimate of drug-likeness (QED) is 0.375. The van der Waals surface area contributed by atoms with Crippen LogP contribution < -0.4 is 5.73 Å². The molecule has 2 N–H and O–H groups in total. The van der Waals surface area contributed by atoms with Crippen molar-refractivity contribution in [1.29, 1.82) is 0 Å². The number of hydrogen-bond donors (Lipinski definition) is 1. The minimum absolute atomic E-state index is 0.125. The highest BCUT2D eigenvalue weighted by Crippen LogP contribution is 2.22. The molecule has 0 saturated carbocycles. The standard InChI is InChI=1S/C10H12ClNOS/c1-6(11)10(13)8-5-7(14-2)3-4-9(8)12/h3-6H,12H2,1-2H3. The number of carbonyl (C=O) groups is 1. The van der Waals surface area contributed by atoms with E-state index >= 15 is 0 Å². The minimum atomic E-state index is -0.533. The van der Waals surface area contributed by atoms with Gasteiger partial charge in [-0.25, -0.2) is 0 Å². The summed E-state index contributed by atoms with van der Waals surface area (Å²) in [4.78, 5) is 12.6. The van der Waals surface area contributed by atoms with E-state index < -0.39 is 5.38 Å². The molecule has 1 aromatic carbocycles. The Morgan fingerprint density at radius 1 is 1.57 bits per heavy atom. The van der Waals surface area contributed by atoms with Gasteiger partial charge in [0.2, 0.25) is 0 Å². The molecule has 2 nitrogen and oxygen atoms in total. The van der Waals surface area contributed by atoms with Crippen molar-refractivity contribution >= 4 is 34.8 Å². The van der Waals surface area contributed by atoms with Crippen molar-refractivity contribution < 1.29 is 4.79 Å². The van der Waals surface area contributed by atoms with Gasteiger partial charge in [-0.15, -0.1) is 23.4 Å². The fourth-order valence-corrected chi connectivity index (χ4v) is 1.65. The number of Topliss-reactive ketones (excluding diaryl/α,β-unsaturated/α-hetero) is 1. The van der Waals surface area contributed by atoms with Gasteiger partial charge in [0.15, 0.2) is 5.78 Å². The molecule has 4 heteroatoms. The number of thioether (sulfide) groups is 1. The zero-order valence-corrected chi connectivity index (χ0v) is 9.65. The van der Waals surface area contributed by atoms with Crippen molar-refractivity contribution in [3.8, 4) is 0 Å². The van der Waals surface area contributed by atoms with Gasteiger partial charge in [0, 0.05) is 16.1 Å². The van der Waals surface area contributed by atoms with Crippen LogP contribution in [-0.4, -0.2) is 17.4 Å². The van der Waals surface area contributed by atoms with Crippen LogP contribution in [0.4, 0.5) is 5.69 Å². The molecule has 0 aliphatic rings. The lowest BCUT2D eigenvalue weighted by atomic mass is 10.1. The van der Waals surface area contributed by atoms with Crippen molar-refractivity contribution in [2.24, 2.45) is 0 Å². The number of carbonyl (C=O) groups excluding carboxylic acids is 1.